The highest BCUT2D eigenvalue weighted by molar-refractivity contribution is 6.08. The maximum absolute atomic E-state index is 11.3. The molecule has 1 fully saturated rings. The number of benzene rings is 2. The van der Waals surface area contributed by atoms with Crippen LogP contribution in [0.3, 0.4) is 0 Å². The van der Waals surface area contributed by atoms with Crippen molar-refractivity contribution in [3.63, 3.8) is 0 Å². The number of anilines is 1. The van der Waals surface area contributed by atoms with Gasteiger partial charge in [0.15, 0.2) is 0 Å². The van der Waals surface area contributed by atoms with Crippen molar-refractivity contribution in [2.45, 2.75) is 25.8 Å². The van der Waals surface area contributed by atoms with Crippen molar-refractivity contribution in [2.24, 2.45) is 5.73 Å². The van der Waals surface area contributed by atoms with Gasteiger partial charge in [-0.3, -0.25) is 14.2 Å². The van der Waals surface area contributed by atoms with Gasteiger partial charge in [-0.2, -0.15) is 0 Å². The van der Waals surface area contributed by atoms with Crippen molar-refractivity contribution in [1.29, 1.82) is 0 Å². The number of nitrogens with two attached hydrogens (primary N) is 1. The molecule has 4 N–H and O–H groups in total. The second-order valence-corrected chi connectivity index (χ2v) is 7.23. The van der Waals surface area contributed by atoms with Crippen LogP contribution in [-0.2, 0) is 4.74 Å². The third-order valence-corrected chi connectivity index (χ3v) is 5.04. The normalized spacial score (nSPS) is 13.8. The predicted molar refractivity (Wildman–Crippen MR) is 118 cm³/mol. The molecule has 0 bridgehead atoms. The van der Waals surface area contributed by atoms with Crippen LogP contribution in [0.2, 0.25) is 0 Å². The third kappa shape index (κ3) is 5.49. The van der Waals surface area contributed by atoms with E-state index in [1.807, 2.05) is 6.07 Å². The van der Waals surface area contributed by atoms with Gasteiger partial charge in [0, 0.05) is 43.4 Å². The van der Waals surface area contributed by atoms with E-state index in [0.717, 1.165) is 31.7 Å². The zero-order chi connectivity index (χ0) is 22.4. The first kappa shape index (κ1) is 22.0. The van der Waals surface area contributed by atoms with E-state index in [1.54, 1.807) is 42.5 Å². The fraction of sp³-hybridized carbons (Fsp3) is 0.261. The number of nitrogens with one attached hydrogen (secondary N) is 1. The summed E-state index contributed by atoms with van der Waals surface area (Å²) in [7, 11) is 0. The first-order valence-electron chi connectivity index (χ1n) is 9.95. The summed E-state index contributed by atoms with van der Waals surface area (Å²) in [5.41, 5.74) is 7.60. The highest BCUT2D eigenvalue weighted by atomic mass is 16.5. The number of carboxylic acid groups (broad SMARTS) is 1. The molecular weight excluding hydrogens is 398 g/mol. The van der Waals surface area contributed by atoms with Gasteiger partial charge in [0.2, 0.25) is 5.91 Å². The smallest absolute Gasteiger partial charge is 0.335 e. The van der Waals surface area contributed by atoms with Crippen molar-refractivity contribution < 1.29 is 24.2 Å². The molecule has 1 aromatic heterocycles. The molecule has 1 saturated heterocycles. The number of carbonyl (C=O) groups excluding carboxylic acids is 2. The molecule has 31 heavy (non-hydrogen) atoms. The Morgan fingerprint density at radius 1 is 1.06 bits per heavy atom. The molecule has 0 aliphatic carbocycles. The highest BCUT2D eigenvalue weighted by Gasteiger charge is 2.14. The standard InChI is InChI=1S/C12H15NO3.C11H10N2O2/c14-12(15)9-1-3-10(4-2-9)13-11-5-7-16-8-6-11;1-7(14)13-6-9(11(12)15)8-4-2-3-5-10(8)13/h1-4,11,13H,5-8H2,(H,14,15);2-6H,1H3,(H2,12,15). The minimum Gasteiger partial charge on any atom is -0.478 e. The Balaban J connectivity index is 0.000000176. The Kier molecular flexibility index (Phi) is 7.04. The molecule has 4 rings (SSSR count). The lowest BCUT2D eigenvalue weighted by molar-refractivity contribution is 0.0696. The van der Waals surface area contributed by atoms with Crippen LogP contribution in [0.1, 0.15) is 45.3 Å². The van der Waals surface area contributed by atoms with Crippen LogP contribution in [0.25, 0.3) is 10.9 Å². The Hall–Kier alpha value is -3.65. The third-order valence-electron chi connectivity index (χ3n) is 5.04. The van der Waals surface area contributed by atoms with Crippen molar-refractivity contribution in [3.05, 3.63) is 65.9 Å². The van der Waals surface area contributed by atoms with Gasteiger partial charge in [0.1, 0.15) is 0 Å². The number of carbonyl (C=O) groups is 3. The number of aromatic nitrogens is 1. The lowest BCUT2D eigenvalue weighted by Gasteiger charge is -2.24. The fourth-order valence-electron chi connectivity index (χ4n) is 3.42. The summed E-state index contributed by atoms with van der Waals surface area (Å²) >= 11 is 0. The topological polar surface area (TPSA) is 124 Å². The van der Waals surface area contributed by atoms with Crippen LogP contribution in [0, 0.1) is 0 Å². The minimum absolute atomic E-state index is 0.140. The summed E-state index contributed by atoms with van der Waals surface area (Å²) in [6.07, 6.45) is 3.48. The van der Waals surface area contributed by atoms with Crippen molar-refractivity contribution in [1.82, 2.24) is 4.57 Å². The van der Waals surface area contributed by atoms with Gasteiger partial charge in [0.25, 0.3) is 5.91 Å². The first-order valence-corrected chi connectivity index (χ1v) is 9.95. The van der Waals surface area contributed by atoms with Crippen LogP contribution in [0.4, 0.5) is 5.69 Å². The summed E-state index contributed by atoms with van der Waals surface area (Å²) in [5, 5.41) is 12.8. The minimum atomic E-state index is -0.891. The number of nitrogens with zero attached hydrogens (tertiary/aromatic N) is 1. The molecule has 1 aliphatic heterocycles. The maximum atomic E-state index is 11.3. The molecule has 0 spiro atoms. The van der Waals surface area contributed by atoms with Gasteiger partial charge < -0.3 is 20.9 Å². The van der Waals surface area contributed by atoms with Crippen LogP contribution < -0.4 is 11.1 Å². The van der Waals surface area contributed by atoms with Crippen LogP contribution >= 0.6 is 0 Å². The molecule has 8 heteroatoms. The highest BCUT2D eigenvalue weighted by Crippen LogP contribution is 2.20. The molecule has 2 aromatic carbocycles. The van der Waals surface area contributed by atoms with Crippen molar-refractivity contribution in [2.75, 3.05) is 18.5 Å². The predicted octanol–water partition coefficient (Wildman–Crippen LogP) is 3.38. The van der Waals surface area contributed by atoms with Gasteiger partial charge in [-0.15, -0.1) is 0 Å². The molecule has 162 valence electrons. The maximum Gasteiger partial charge on any atom is 0.335 e. The summed E-state index contributed by atoms with van der Waals surface area (Å²) in [6.45, 7) is 3.03. The van der Waals surface area contributed by atoms with Crippen LogP contribution in [-0.4, -0.2) is 46.7 Å². The van der Waals surface area contributed by atoms with E-state index < -0.39 is 11.9 Å². The number of carboxylic acids is 1. The zero-order valence-corrected chi connectivity index (χ0v) is 17.2. The lowest BCUT2D eigenvalue weighted by Crippen LogP contribution is -2.27. The van der Waals surface area contributed by atoms with Crippen molar-refractivity contribution in [3.8, 4) is 0 Å². The van der Waals surface area contributed by atoms with Gasteiger partial charge in [0.05, 0.1) is 16.6 Å². The second-order valence-electron chi connectivity index (χ2n) is 7.23. The Labute approximate surface area is 179 Å². The van der Waals surface area contributed by atoms with Gasteiger partial charge in [-0.25, -0.2) is 4.79 Å². The molecular formula is C23H25N3O5. The molecule has 1 aliphatic rings. The number of ether oxygens (including phenoxy) is 1. The summed E-state index contributed by atoms with van der Waals surface area (Å²) in [6, 6.07) is 14.4. The molecule has 0 unspecified atom stereocenters. The number of amides is 1. The lowest BCUT2D eigenvalue weighted by atomic mass is 10.1. The first-order chi connectivity index (χ1) is 14.9. The Morgan fingerprint density at radius 3 is 2.29 bits per heavy atom. The van der Waals surface area contributed by atoms with Crippen LogP contribution in [0.15, 0.2) is 54.7 Å². The summed E-state index contributed by atoms with van der Waals surface area (Å²) < 4.78 is 6.70. The van der Waals surface area contributed by atoms with Gasteiger partial charge in [-0.05, 0) is 43.2 Å². The molecule has 0 saturated carbocycles. The number of aromatic carboxylic acids is 1. The Bertz CT molecular complexity index is 1030. The summed E-state index contributed by atoms with van der Waals surface area (Å²) in [5.74, 6) is -1.55. The molecule has 0 radical (unpaired) electrons. The van der Waals surface area contributed by atoms with E-state index in [1.165, 1.54) is 17.7 Å². The van der Waals surface area contributed by atoms with Gasteiger partial charge >= 0.3 is 5.97 Å². The molecule has 0 atom stereocenters. The van der Waals surface area contributed by atoms with Crippen LogP contribution in [0.5, 0.6) is 0 Å². The van der Waals surface area contributed by atoms with Gasteiger partial charge in [-0.1, -0.05) is 18.2 Å². The van der Waals surface area contributed by atoms with E-state index in [-0.39, 0.29) is 5.91 Å². The number of hydrogen-bond donors (Lipinski definition) is 3. The quantitative estimate of drug-likeness (QED) is 0.591. The fourth-order valence-corrected chi connectivity index (χ4v) is 3.42. The molecule has 3 aromatic rings. The number of rotatable bonds is 4. The average Bonchev–Trinajstić information content (AvgIpc) is 3.16. The average molecular weight is 423 g/mol. The summed E-state index contributed by atoms with van der Waals surface area (Å²) in [4.78, 5) is 33.1. The SMILES string of the molecule is CC(=O)n1cc(C(N)=O)c2ccccc21.O=C(O)c1ccc(NC2CCOCC2)cc1. The molecule has 1 amide bonds. The number of fused-ring (bicyclic) bond motifs is 1. The van der Waals surface area contributed by atoms with Crippen molar-refractivity contribution >= 4 is 34.4 Å². The van der Waals surface area contributed by atoms with E-state index in [9.17, 15) is 14.4 Å². The van der Waals surface area contributed by atoms with E-state index >= 15 is 0 Å². The zero-order valence-electron chi connectivity index (χ0n) is 17.2. The monoisotopic (exact) mass is 423 g/mol. The van der Waals surface area contributed by atoms with E-state index in [2.05, 4.69) is 5.32 Å². The number of hydrogen-bond acceptors (Lipinski definition) is 5. The molecule has 2 heterocycles. The second kappa shape index (κ2) is 9.90. The number of para-hydroxylation sites is 1. The Morgan fingerprint density at radius 2 is 1.71 bits per heavy atom. The largest absolute Gasteiger partial charge is 0.478 e. The van der Waals surface area contributed by atoms with E-state index in [0.29, 0.717) is 28.1 Å². The number of primary amides is 1. The molecule has 8 nitrogen and oxygen atoms in total. The van der Waals surface area contributed by atoms with E-state index in [4.69, 9.17) is 15.6 Å².